The van der Waals surface area contributed by atoms with Gasteiger partial charge in [-0.1, -0.05) is 18.2 Å². The van der Waals surface area contributed by atoms with Gasteiger partial charge in [0.05, 0.1) is 6.10 Å². The molecule has 0 aliphatic rings. The first-order valence-corrected chi connectivity index (χ1v) is 7.88. The van der Waals surface area contributed by atoms with Gasteiger partial charge in [-0.15, -0.1) is 0 Å². The molecule has 1 N–H and O–H groups in total. The molecule has 130 valence electrons. The maximum atomic E-state index is 12.2. The number of carbonyl (C=O) groups is 2. The van der Waals surface area contributed by atoms with Crippen molar-refractivity contribution in [3.63, 3.8) is 0 Å². The molecule has 0 spiro atoms. The van der Waals surface area contributed by atoms with E-state index in [4.69, 9.17) is 14.6 Å². The van der Waals surface area contributed by atoms with Gasteiger partial charge in [-0.3, -0.25) is 4.79 Å². The third-order valence-electron chi connectivity index (χ3n) is 3.18. The Morgan fingerprint density at radius 3 is 2.16 bits per heavy atom. The number of allylic oxidation sites excluding steroid dienone is 1. The van der Waals surface area contributed by atoms with Crippen molar-refractivity contribution in [2.45, 2.75) is 20.0 Å². The molecule has 0 fully saturated rings. The average Bonchev–Trinajstić information content (AvgIpc) is 2.59. The van der Waals surface area contributed by atoms with E-state index in [0.29, 0.717) is 11.3 Å². The van der Waals surface area contributed by atoms with E-state index >= 15 is 0 Å². The summed E-state index contributed by atoms with van der Waals surface area (Å²) in [6.07, 6.45) is 3.34. The van der Waals surface area contributed by atoms with Gasteiger partial charge in [-0.2, -0.15) is 0 Å². The highest BCUT2D eigenvalue weighted by atomic mass is 16.5. The monoisotopic (exact) mass is 340 g/mol. The van der Waals surface area contributed by atoms with E-state index in [2.05, 4.69) is 0 Å². The fourth-order valence-corrected chi connectivity index (χ4v) is 2.06. The summed E-state index contributed by atoms with van der Waals surface area (Å²) in [5.74, 6) is -0.000660. The summed E-state index contributed by atoms with van der Waals surface area (Å²) in [6.45, 7) is 3.51. The fraction of sp³-hybridized carbons (Fsp3) is 0.200. The van der Waals surface area contributed by atoms with Crippen LogP contribution in [0, 0.1) is 0 Å². The maximum Gasteiger partial charge on any atom is 0.341 e. The second-order valence-electron chi connectivity index (χ2n) is 5.64. The minimum absolute atomic E-state index is 0.116. The van der Waals surface area contributed by atoms with Crippen molar-refractivity contribution < 1.29 is 24.2 Å². The molecule has 0 atom stereocenters. The van der Waals surface area contributed by atoms with E-state index < -0.39 is 12.6 Å². The third kappa shape index (κ3) is 6.14. The summed E-state index contributed by atoms with van der Waals surface area (Å²) in [5, 5.41) is 8.56. The summed E-state index contributed by atoms with van der Waals surface area (Å²) in [5.41, 5.74) is 1.39. The minimum Gasteiger partial charge on any atom is -0.491 e. The summed E-state index contributed by atoms with van der Waals surface area (Å²) >= 11 is 0. The van der Waals surface area contributed by atoms with Gasteiger partial charge >= 0.3 is 5.97 Å². The molecule has 25 heavy (non-hydrogen) atoms. The second kappa shape index (κ2) is 8.68. The normalized spacial score (nSPS) is 10.8. The van der Waals surface area contributed by atoms with Crippen LogP contribution >= 0.6 is 0 Å². The molecule has 5 nitrogen and oxygen atoms in total. The molecule has 0 radical (unpaired) electrons. The van der Waals surface area contributed by atoms with Crippen LogP contribution in [-0.4, -0.2) is 29.6 Å². The van der Waals surface area contributed by atoms with Crippen molar-refractivity contribution in [1.29, 1.82) is 0 Å². The lowest BCUT2D eigenvalue weighted by atomic mass is 10.1. The summed E-state index contributed by atoms with van der Waals surface area (Å²) in [4.78, 5) is 22.6. The molecule has 0 aliphatic heterocycles. The van der Waals surface area contributed by atoms with Gasteiger partial charge in [-0.25, -0.2) is 4.79 Å². The van der Waals surface area contributed by atoms with Crippen molar-refractivity contribution in [2.75, 3.05) is 6.61 Å². The molecular formula is C20H20O5. The van der Waals surface area contributed by atoms with Crippen molar-refractivity contribution in [3.8, 4) is 11.5 Å². The maximum absolute atomic E-state index is 12.2. The van der Waals surface area contributed by atoms with Crippen LogP contribution in [0.3, 0.4) is 0 Å². The smallest absolute Gasteiger partial charge is 0.341 e. The van der Waals surface area contributed by atoms with E-state index in [0.717, 1.165) is 11.3 Å². The van der Waals surface area contributed by atoms with E-state index in [1.807, 2.05) is 38.1 Å². The summed E-state index contributed by atoms with van der Waals surface area (Å²) in [6, 6.07) is 13.8. The first-order chi connectivity index (χ1) is 11.9. The first kappa shape index (κ1) is 18.3. The number of carboxylic acids is 1. The number of hydrogen-bond acceptors (Lipinski definition) is 4. The van der Waals surface area contributed by atoms with Crippen LogP contribution in [0.25, 0.3) is 6.08 Å². The van der Waals surface area contributed by atoms with Crippen molar-refractivity contribution in [2.24, 2.45) is 0 Å². The Bertz CT molecular complexity index is 743. The third-order valence-corrected chi connectivity index (χ3v) is 3.18. The number of benzene rings is 2. The zero-order chi connectivity index (χ0) is 18.2. The number of aliphatic carboxylic acids is 1. The first-order valence-electron chi connectivity index (χ1n) is 7.88. The lowest BCUT2D eigenvalue weighted by Gasteiger charge is -2.09. The van der Waals surface area contributed by atoms with Crippen LogP contribution in [0.15, 0.2) is 54.6 Å². The fourth-order valence-electron chi connectivity index (χ4n) is 2.06. The Morgan fingerprint density at radius 1 is 1.00 bits per heavy atom. The molecule has 0 aliphatic carbocycles. The van der Waals surface area contributed by atoms with Crippen LogP contribution in [0.2, 0.25) is 0 Å². The van der Waals surface area contributed by atoms with E-state index in [1.165, 1.54) is 6.08 Å². The molecule has 0 heterocycles. The van der Waals surface area contributed by atoms with E-state index in [9.17, 15) is 9.59 Å². The Balaban J connectivity index is 1.96. The van der Waals surface area contributed by atoms with Gasteiger partial charge in [0.15, 0.2) is 12.4 Å². The van der Waals surface area contributed by atoms with E-state index in [1.54, 1.807) is 30.3 Å². The van der Waals surface area contributed by atoms with Crippen LogP contribution in [0.4, 0.5) is 0 Å². The molecule has 0 unspecified atom stereocenters. The predicted molar refractivity (Wildman–Crippen MR) is 95.1 cm³/mol. The highest BCUT2D eigenvalue weighted by Crippen LogP contribution is 2.16. The average molecular weight is 340 g/mol. The van der Waals surface area contributed by atoms with Gasteiger partial charge in [-0.05, 0) is 61.9 Å². The zero-order valence-electron chi connectivity index (χ0n) is 14.1. The number of carboxylic acid groups (broad SMARTS) is 1. The number of ether oxygens (including phenoxy) is 2. The number of carbonyl (C=O) groups excluding carboxylic acids is 1. The van der Waals surface area contributed by atoms with Crippen LogP contribution < -0.4 is 9.47 Å². The predicted octanol–water partition coefficient (Wildman–Crippen LogP) is 3.83. The van der Waals surface area contributed by atoms with Gasteiger partial charge < -0.3 is 14.6 Å². The Hall–Kier alpha value is -3.08. The van der Waals surface area contributed by atoms with Crippen molar-refractivity contribution >= 4 is 17.8 Å². The molecule has 2 rings (SSSR count). The molecule has 2 aromatic rings. The second-order valence-corrected chi connectivity index (χ2v) is 5.64. The molecule has 0 bridgehead atoms. The van der Waals surface area contributed by atoms with Crippen molar-refractivity contribution in [1.82, 2.24) is 0 Å². The lowest BCUT2D eigenvalue weighted by molar-refractivity contribution is -0.139. The van der Waals surface area contributed by atoms with E-state index in [-0.39, 0.29) is 11.9 Å². The SMILES string of the molecule is CC(C)Oc1ccc(/C=C/C(=O)c2ccc(OCC(=O)O)cc2)cc1. The Labute approximate surface area is 146 Å². The number of rotatable bonds is 8. The lowest BCUT2D eigenvalue weighted by Crippen LogP contribution is -2.09. The van der Waals surface area contributed by atoms with Gasteiger partial charge in [0.25, 0.3) is 0 Å². The van der Waals surface area contributed by atoms with Crippen molar-refractivity contribution in [3.05, 3.63) is 65.7 Å². The standard InChI is InChI=1S/C20H20O5/c1-14(2)25-18-8-3-15(4-9-18)5-12-19(21)16-6-10-17(11-7-16)24-13-20(22)23/h3-12,14H,13H2,1-2H3,(H,22,23)/b12-5+. The molecule has 5 heteroatoms. The van der Waals surface area contributed by atoms with Crippen LogP contribution in [-0.2, 0) is 4.79 Å². The van der Waals surface area contributed by atoms with Gasteiger partial charge in [0.1, 0.15) is 11.5 Å². The molecule has 2 aromatic carbocycles. The molecular weight excluding hydrogens is 320 g/mol. The van der Waals surface area contributed by atoms with Gasteiger partial charge in [0, 0.05) is 5.56 Å². The Kier molecular flexibility index (Phi) is 6.34. The van der Waals surface area contributed by atoms with Gasteiger partial charge in [0.2, 0.25) is 0 Å². The highest BCUT2D eigenvalue weighted by molar-refractivity contribution is 6.06. The minimum atomic E-state index is -1.05. The summed E-state index contributed by atoms with van der Waals surface area (Å²) < 4.78 is 10.6. The topological polar surface area (TPSA) is 72.8 Å². The molecule has 0 saturated heterocycles. The largest absolute Gasteiger partial charge is 0.491 e. The number of ketones is 1. The quantitative estimate of drug-likeness (QED) is 0.584. The van der Waals surface area contributed by atoms with Crippen LogP contribution in [0.1, 0.15) is 29.8 Å². The number of hydrogen-bond donors (Lipinski definition) is 1. The molecule has 0 saturated carbocycles. The molecule has 0 aromatic heterocycles. The Morgan fingerprint density at radius 2 is 1.60 bits per heavy atom. The summed E-state index contributed by atoms with van der Waals surface area (Å²) in [7, 11) is 0. The zero-order valence-corrected chi connectivity index (χ0v) is 14.1. The highest BCUT2D eigenvalue weighted by Gasteiger charge is 2.04. The van der Waals surface area contributed by atoms with Crippen LogP contribution in [0.5, 0.6) is 11.5 Å². The molecule has 0 amide bonds.